The van der Waals surface area contributed by atoms with Crippen molar-refractivity contribution in [1.29, 1.82) is 0 Å². The molecule has 0 spiro atoms. The van der Waals surface area contributed by atoms with E-state index in [2.05, 4.69) is 0 Å². The Morgan fingerprint density at radius 3 is 2.00 bits per heavy atom. The summed E-state index contributed by atoms with van der Waals surface area (Å²) in [6.07, 6.45) is -5.53. The Labute approximate surface area is 97.1 Å². The predicted molar refractivity (Wildman–Crippen MR) is 56.1 cm³/mol. The fraction of sp³-hybridized carbons (Fsp3) is 0.500. The minimum absolute atomic E-state index is 0.512. The summed E-state index contributed by atoms with van der Waals surface area (Å²) < 4.78 is 51.9. The van der Waals surface area contributed by atoms with Crippen LogP contribution >= 0.6 is 0 Å². The first-order valence-electron chi connectivity index (χ1n) is 5.19. The largest absolute Gasteiger partial charge is 0.421 e. The second-order valence-corrected chi connectivity index (χ2v) is 4.13. The van der Waals surface area contributed by atoms with Gasteiger partial charge in [-0.1, -0.05) is 6.92 Å². The van der Waals surface area contributed by atoms with Gasteiger partial charge in [0.2, 0.25) is 0 Å². The van der Waals surface area contributed by atoms with E-state index in [1.807, 2.05) is 0 Å². The highest BCUT2D eigenvalue weighted by Crippen LogP contribution is 2.42. The highest BCUT2D eigenvalue weighted by Gasteiger charge is 2.54. The highest BCUT2D eigenvalue weighted by atomic mass is 19.4. The first kappa shape index (κ1) is 14.0. The van der Waals surface area contributed by atoms with Gasteiger partial charge in [0.15, 0.2) is 5.60 Å². The first-order chi connectivity index (χ1) is 7.63. The van der Waals surface area contributed by atoms with E-state index >= 15 is 0 Å². The van der Waals surface area contributed by atoms with Crippen molar-refractivity contribution >= 4 is 0 Å². The van der Waals surface area contributed by atoms with Crippen molar-refractivity contribution in [1.82, 2.24) is 0 Å². The molecule has 0 aromatic heterocycles. The second-order valence-electron chi connectivity index (χ2n) is 4.13. The molecule has 0 aliphatic carbocycles. The number of hydrogen-bond donors (Lipinski definition) is 1. The SMILES string of the molecule is CCC(O)(c1cc(C)c(C)cc1F)C(F)(F)F. The van der Waals surface area contributed by atoms with Crippen LogP contribution in [0.2, 0.25) is 0 Å². The van der Waals surface area contributed by atoms with Crippen LogP contribution in [0.1, 0.15) is 30.0 Å². The molecule has 0 saturated carbocycles. The van der Waals surface area contributed by atoms with Crippen LogP contribution in [0.5, 0.6) is 0 Å². The number of hydrogen-bond acceptors (Lipinski definition) is 1. The van der Waals surface area contributed by atoms with E-state index in [1.165, 1.54) is 6.92 Å². The minimum Gasteiger partial charge on any atom is -0.376 e. The third-order valence-corrected chi connectivity index (χ3v) is 3.01. The Balaban J connectivity index is 3.46. The first-order valence-corrected chi connectivity index (χ1v) is 5.19. The van der Waals surface area contributed by atoms with Crippen LogP contribution in [-0.4, -0.2) is 11.3 Å². The smallest absolute Gasteiger partial charge is 0.376 e. The lowest BCUT2D eigenvalue weighted by molar-refractivity contribution is -0.268. The van der Waals surface area contributed by atoms with Crippen LogP contribution in [0, 0.1) is 19.7 Å². The van der Waals surface area contributed by atoms with Crippen molar-refractivity contribution in [2.75, 3.05) is 0 Å². The Morgan fingerprint density at radius 2 is 1.59 bits per heavy atom. The number of rotatable bonds is 2. The van der Waals surface area contributed by atoms with Gasteiger partial charge in [0.1, 0.15) is 5.82 Å². The summed E-state index contributed by atoms with van der Waals surface area (Å²) in [6.45, 7) is 4.34. The van der Waals surface area contributed by atoms with E-state index < -0.39 is 29.6 Å². The van der Waals surface area contributed by atoms with E-state index in [9.17, 15) is 22.7 Å². The third kappa shape index (κ3) is 2.29. The Bertz CT molecular complexity index is 425. The molecule has 0 amide bonds. The molecule has 1 nitrogen and oxygen atoms in total. The lowest BCUT2D eigenvalue weighted by atomic mass is 9.88. The summed E-state index contributed by atoms with van der Waals surface area (Å²) in [5.41, 5.74) is -2.78. The predicted octanol–water partition coefficient (Wildman–Crippen LogP) is 3.60. The lowest BCUT2D eigenvalue weighted by Gasteiger charge is -2.30. The van der Waals surface area contributed by atoms with Crippen molar-refractivity contribution in [3.8, 4) is 0 Å². The molecular formula is C12H14F4O. The molecule has 0 heterocycles. The molecule has 1 rings (SSSR count). The van der Waals surface area contributed by atoms with Gasteiger partial charge in [-0.05, 0) is 43.5 Å². The van der Waals surface area contributed by atoms with E-state index in [0.29, 0.717) is 11.1 Å². The van der Waals surface area contributed by atoms with E-state index in [4.69, 9.17) is 0 Å². The summed E-state index contributed by atoms with van der Waals surface area (Å²) in [7, 11) is 0. The van der Waals surface area contributed by atoms with Gasteiger partial charge in [0, 0.05) is 5.56 Å². The quantitative estimate of drug-likeness (QED) is 0.795. The van der Waals surface area contributed by atoms with Crippen molar-refractivity contribution in [3.63, 3.8) is 0 Å². The van der Waals surface area contributed by atoms with Gasteiger partial charge in [0.05, 0.1) is 0 Å². The van der Waals surface area contributed by atoms with Crippen molar-refractivity contribution in [2.24, 2.45) is 0 Å². The van der Waals surface area contributed by atoms with Gasteiger partial charge in [-0.3, -0.25) is 0 Å². The number of alkyl halides is 3. The van der Waals surface area contributed by atoms with Crippen molar-refractivity contribution in [3.05, 3.63) is 34.6 Å². The standard InChI is InChI=1S/C12H14F4O/c1-4-11(17,12(14,15)16)9-5-7(2)8(3)6-10(9)13/h5-6,17H,4H2,1-3H3. The zero-order valence-corrected chi connectivity index (χ0v) is 9.82. The summed E-state index contributed by atoms with van der Waals surface area (Å²) in [6, 6.07) is 2.07. The second kappa shape index (κ2) is 4.29. The Hall–Kier alpha value is -1.10. The lowest BCUT2D eigenvalue weighted by Crippen LogP contribution is -2.42. The van der Waals surface area contributed by atoms with Gasteiger partial charge in [-0.25, -0.2) is 4.39 Å². The van der Waals surface area contributed by atoms with E-state index in [1.54, 1.807) is 13.8 Å². The van der Waals surface area contributed by atoms with E-state index in [0.717, 1.165) is 12.1 Å². The van der Waals surface area contributed by atoms with Crippen LogP contribution in [-0.2, 0) is 5.60 Å². The molecule has 0 aliphatic rings. The fourth-order valence-electron chi connectivity index (χ4n) is 1.64. The number of halogens is 4. The molecule has 17 heavy (non-hydrogen) atoms. The molecule has 0 radical (unpaired) electrons. The van der Waals surface area contributed by atoms with Crippen LogP contribution < -0.4 is 0 Å². The Kier molecular flexibility index (Phi) is 3.52. The normalized spacial score (nSPS) is 15.8. The van der Waals surface area contributed by atoms with Gasteiger partial charge in [-0.2, -0.15) is 13.2 Å². The summed E-state index contributed by atoms with van der Waals surface area (Å²) in [5, 5.41) is 9.66. The maximum atomic E-state index is 13.6. The van der Waals surface area contributed by atoms with Crippen LogP contribution in [0.15, 0.2) is 12.1 Å². The molecule has 0 aliphatic heterocycles. The summed E-state index contributed by atoms with van der Waals surface area (Å²) in [4.78, 5) is 0. The molecular weight excluding hydrogens is 236 g/mol. The molecule has 1 aromatic carbocycles. The summed E-state index contributed by atoms with van der Waals surface area (Å²) in [5.74, 6) is -1.03. The molecule has 1 unspecified atom stereocenters. The monoisotopic (exact) mass is 250 g/mol. The molecule has 96 valence electrons. The van der Waals surface area contributed by atoms with Crippen LogP contribution in [0.3, 0.4) is 0 Å². The van der Waals surface area contributed by atoms with Gasteiger partial charge < -0.3 is 5.11 Å². The maximum absolute atomic E-state index is 13.6. The average molecular weight is 250 g/mol. The number of aryl methyl sites for hydroxylation is 2. The van der Waals surface area contributed by atoms with Gasteiger partial charge in [0.25, 0.3) is 0 Å². The molecule has 0 bridgehead atoms. The fourth-order valence-corrected chi connectivity index (χ4v) is 1.64. The van der Waals surface area contributed by atoms with Crippen LogP contribution in [0.4, 0.5) is 17.6 Å². The molecule has 1 N–H and O–H groups in total. The van der Waals surface area contributed by atoms with E-state index in [-0.39, 0.29) is 0 Å². The Morgan fingerprint density at radius 1 is 1.12 bits per heavy atom. The van der Waals surface area contributed by atoms with Gasteiger partial charge in [-0.15, -0.1) is 0 Å². The molecule has 1 atom stereocenters. The maximum Gasteiger partial charge on any atom is 0.421 e. The molecule has 1 aromatic rings. The molecule has 0 fully saturated rings. The topological polar surface area (TPSA) is 20.2 Å². The summed E-state index contributed by atoms with van der Waals surface area (Å²) >= 11 is 0. The third-order valence-electron chi connectivity index (χ3n) is 3.01. The van der Waals surface area contributed by atoms with Crippen molar-refractivity contribution in [2.45, 2.75) is 39.0 Å². The molecule has 5 heteroatoms. The van der Waals surface area contributed by atoms with Crippen LogP contribution in [0.25, 0.3) is 0 Å². The average Bonchev–Trinajstić information content (AvgIpc) is 2.20. The molecule has 0 saturated heterocycles. The minimum atomic E-state index is -4.90. The number of aliphatic hydroxyl groups is 1. The van der Waals surface area contributed by atoms with Crippen molar-refractivity contribution < 1.29 is 22.7 Å². The number of benzene rings is 1. The van der Waals surface area contributed by atoms with Gasteiger partial charge >= 0.3 is 6.18 Å². The zero-order valence-electron chi connectivity index (χ0n) is 9.82. The zero-order chi connectivity index (χ0) is 13.4. The highest BCUT2D eigenvalue weighted by molar-refractivity contribution is 5.35.